The van der Waals surface area contributed by atoms with Gasteiger partial charge in [-0.1, -0.05) is 23.7 Å². The number of rotatable bonds is 2. The number of anilines is 1. The smallest absolute Gasteiger partial charge is 0.400 e. The van der Waals surface area contributed by atoms with Crippen LogP contribution in [-0.4, -0.2) is 23.3 Å². The molecule has 4 nitrogen and oxygen atoms in total. The van der Waals surface area contributed by atoms with Gasteiger partial charge in [-0.15, -0.1) is 0 Å². The van der Waals surface area contributed by atoms with Gasteiger partial charge < -0.3 is 15.0 Å². The van der Waals surface area contributed by atoms with Crippen LogP contribution in [0.3, 0.4) is 0 Å². The maximum atomic E-state index is 5.92. The summed E-state index contributed by atoms with van der Waals surface area (Å²) in [5, 5.41) is 0.441. The molecule has 0 spiro atoms. The molecule has 1 aliphatic rings. The van der Waals surface area contributed by atoms with E-state index in [1.165, 1.54) is 0 Å². The van der Waals surface area contributed by atoms with Crippen LogP contribution in [0.25, 0.3) is 6.08 Å². The van der Waals surface area contributed by atoms with Crippen molar-refractivity contribution >= 4 is 30.6 Å². The Morgan fingerprint density at radius 1 is 1.26 bits per heavy atom. The fourth-order valence-electron chi connectivity index (χ4n) is 1.71. The molecule has 1 fully saturated rings. The van der Waals surface area contributed by atoms with Gasteiger partial charge in [0, 0.05) is 6.20 Å². The number of nitrogens with two attached hydrogens (primary N) is 1. The van der Waals surface area contributed by atoms with Crippen LogP contribution in [0.2, 0.25) is 5.02 Å². The quantitative estimate of drug-likeness (QED) is 0.846. The topological polar surface area (TPSA) is 57.4 Å². The van der Waals surface area contributed by atoms with Crippen LogP contribution in [0.15, 0.2) is 18.2 Å². The number of aromatic nitrogens is 1. The van der Waals surface area contributed by atoms with Crippen LogP contribution in [0.1, 0.15) is 33.3 Å². The molecular weight excluding hydrogens is 262 g/mol. The molecule has 102 valence electrons. The van der Waals surface area contributed by atoms with E-state index < -0.39 is 0 Å². The van der Waals surface area contributed by atoms with Crippen molar-refractivity contribution in [1.82, 2.24) is 4.98 Å². The van der Waals surface area contributed by atoms with Gasteiger partial charge in [0.25, 0.3) is 0 Å². The van der Waals surface area contributed by atoms with Crippen molar-refractivity contribution < 1.29 is 9.31 Å². The molecule has 1 aromatic rings. The summed E-state index contributed by atoms with van der Waals surface area (Å²) >= 11 is 5.92. The lowest BCUT2D eigenvalue weighted by atomic mass is 9.89. The maximum Gasteiger partial charge on any atom is 0.487 e. The van der Waals surface area contributed by atoms with Gasteiger partial charge in [-0.25, -0.2) is 4.98 Å². The summed E-state index contributed by atoms with van der Waals surface area (Å²) < 4.78 is 11.7. The minimum Gasteiger partial charge on any atom is -0.400 e. The molecule has 0 amide bonds. The first-order valence-electron chi connectivity index (χ1n) is 6.16. The molecule has 0 aromatic carbocycles. The highest BCUT2D eigenvalue weighted by molar-refractivity contribution is 6.52. The molecule has 0 bridgehead atoms. The summed E-state index contributed by atoms with van der Waals surface area (Å²) in [6.45, 7) is 8.07. The van der Waals surface area contributed by atoms with Gasteiger partial charge in [0.05, 0.1) is 16.2 Å². The Kier molecular flexibility index (Phi) is 3.64. The summed E-state index contributed by atoms with van der Waals surface area (Å²) in [7, 11) is -0.374. The minimum atomic E-state index is -0.374. The molecule has 2 rings (SSSR count). The van der Waals surface area contributed by atoms with Gasteiger partial charge >= 0.3 is 7.12 Å². The Morgan fingerprint density at radius 2 is 1.84 bits per heavy atom. The second-order valence-electron chi connectivity index (χ2n) is 5.62. The molecule has 19 heavy (non-hydrogen) atoms. The molecule has 2 N–H and O–H groups in total. The number of halogens is 1. The van der Waals surface area contributed by atoms with Crippen molar-refractivity contribution in [2.24, 2.45) is 0 Å². The molecule has 0 atom stereocenters. The first-order chi connectivity index (χ1) is 8.71. The van der Waals surface area contributed by atoms with Crippen molar-refractivity contribution in [2.75, 3.05) is 5.73 Å². The molecule has 2 heterocycles. The average molecular weight is 281 g/mol. The van der Waals surface area contributed by atoms with Crippen LogP contribution < -0.4 is 5.73 Å². The lowest BCUT2D eigenvalue weighted by Gasteiger charge is -2.32. The van der Waals surface area contributed by atoms with Gasteiger partial charge in [-0.3, -0.25) is 0 Å². The van der Waals surface area contributed by atoms with Crippen molar-refractivity contribution in [3.05, 3.63) is 28.8 Å². The minimum absolute atomic E-state index is 0.328. The van der Waals surface area contributed by atoms with Crippen molar-refractivity contribution in [2.45, 2.75) is 38.9 Å². The second kappa shape index (κ2) is 4.82. The normalized spacial score (nSPS) is 21.2. The summed E-state index contributed by atoms with van der Waals surface area (Å²) in [6.07, 6.45) is 3.52. The highest BCUT2D eigenvalue weighted by Crippen LogP contribution is 2.37. The van der Waals surface area contributed by atoms with Crippen molar-refractivity contribution in [1.29, 1.82) is 0 Å². The fraction of sp³-hybridized carbons (Fsp3) is 0.462. The summed E-state index contributed by atoms with van der Waals surface area (Å²) in [5.74, 6) is 2.18. The number of hydrogen-bond donors (Lipinski definition) is 1. The molecule has 1 saturated heterocycles. The molecule has 1 aliphatic heterocycles. The number of pyridine rings is 1. The Hall–Kier alpha value is -1.04. The zero-order chi connectivity index (χ0) is 14.3. The van der Waals surface area contributed by atoms with E-state index in [1.54, 1.807) is 12.3 Å². The first kappa shape index (κ1) is 14.4. The van der Waals surface area contributed by atoms with E-state index >= 15 is 0 Å². The summed E-state index contributed by atoms with van der Waals surface area (Å²) in [6, 6.07) is 1.76. The van der Waals surface area contributed by atoms with E-state index in [2.05, 4.69) is 4.98 Å². The Morgan fingerprint density at radius 3 is 2.37 bits per heavy atom. The van der Waals surface area contributed by atoms with Crippen LogP contribution in [0.4, 0.5) is 5.82 Å². The van der Waals surface area contributed by atoms with E-state index in [-0.39, 0.29) is 18.3 Å². The van der Waals surface area contributed by atoms with Gasteiger partial charge in [0.2, 0.25) is 0 Å². The van der Waals surface area contributed by atoms with Crippen LogP contribution in [-0.2, 0) is 9.31 Å². The summed E-state index contributed by atoms with van der Waals surface area (Å²) in [4.78, 5) is 3.99. The maximum absolute atomic E-state index is 5.92. The van der Waals surface area contributed by atoms with E-state index in [0.29, 0.717) is 10.8 Å². The van der Waals surface area contributed by atoms with E-state index in [9.17, 15) is 0 Å². The number of hydrogen-bond acceptors (Lipinski definition) is 4. The van der Waals surface area contributed by atoms with E-state index in [4.69, 9.17) is 26.6 Å². The zero-order valence-electron chi connectivity index (χ0n) is 11.6. The third kappa shape index (κ3) is 2.94. The molecule has 0 unspecified atom stereocenters. The van der Waals surface area contributed by atoms with Gasteiger partial charge in [-0.05, 0) is 39.3 Å². The molecule has 0 radical (unpaired) electrons. The number of nitrogen functional groups attached to an aromatic ring is 1. The van der Waals surface area contributed by atoms with Gasteiger partial charge in [-0.2, -0.15) is 0 Å². The lowest BCUT2D eigenvalue weighted by molar-refractivity contribution is 0.00578. The highest BCUT2D eigenvalue weighted by atomic mass is 35.5. The first-order valence-corrected chi connectivity index (χ1v) is 6.54. The monoisotopic (exact) mass is 280 g/mol. The SMILES string of the molecule is CC1(C)OB(/C=C/c2cnc(N)c(Cl)c2)OC1(C)C. The molecule has 1 aromatic heterocycles. The lowest BCUT2D eigenvalue weighted by Crippen LogP contribution is -2.41. The highest BCUT2D eigenvalue weighted by Gasteiger charge is 2.49. The van der Waals surface area contributed by atoms with Crippen molar-refractivity contribution in [3.63, 3.8) is 0 Å². The zero-order valence-corrected chi connectivity index (χ0v) is 12.4. The molecule has 0 saturated carbocycles. The summed E-state index contributed by atoms with van der Waals surface area (Å²) in [5.41, 5.74) is 5.75. The van der Waals surface area contributed by atoms with Crippen LogP contribution in [0.5, 0.6) is 0 Å². The Bertz CT molecular complexity index is 501. The largest absolute Gasteiger partial charge is 0.487 e. The Balaban J connectivity index is 2.10. The molecule has 6 heteroatoms. The van der Waals surface area contributed by atoms with Crippen LogP contribution >= 0.6 is 11.6 Å². The number of nitrogens with zero attached hydrogens (tertiary/aromatic N) is 1. The average Bonchev–Trinajstić information content (AvgIpc) is 2.49. The van der Waals surface area contributed by atoms with Gasteiger partial charge in [0.1, 0.15) is 5.82 Å². The third-order valence-electron chi connectivity index (χ3n) is 3.61. The predicted octanol–water partition coefficient (Wildman–Crippen LogP) is 2.96. The molecule has 0 aliphatic carbocycles. The van der Waals surface area contributed by atoms with E-state index in [0.717, 1.165) is 5.56 Å². The van der Waals surface area contributed by atoms with Crippen LogP contribution in [0, 0.1) is 0 Å². The van der Waals surface area contributed by atoms with E-state index in [1.807, 2.05) is 39.7 Å². The molecular formula is C13H18BClN2O2. The third-order valence-corrected chi connectivity index (χ3v) is 3.91. The standard InChI is InChI=1S/C13H18BClN2O2/c1-12(2)13(3,4)19-14(18-12)6-5-9-7-10(15)11(16)17-8-9/h5-8H,1-4H3,(H2,16,17)/b6-5+. The second-order valence-corrected chi connectivity index (χ2v) is 6.03. The van der Waals surface area contributed by atoms with Crippen molar-refractivity contribution in [3.8, 4) is 0 Å². The van der Waals surface area contributed by atoms with Gasteiger partial charge in [0.15, 0.2) is 0 Å². The predicted molar refractivity (Wildman–Crippen MR) is 78.8 cm³/mol. The fourth-order valence-corrected chi connectivity index (χ4v) is 1.89. The Labute approximate surface area is 119 Å².